The van der Waals surface area contributed by atoms with Gasteiger partial charge in [-0.3, -0.25) is 4.79 Å². The Morgan fingerprint density at radius 2 is 2.00 bits per heavy atom. The van der Waals surface area contributed by atoms with Gasteiger partial charge in [0.15, 0.2) is 0 Å². The molecule has 2 aromatic heterocycles. The van der Waals surface area contributed by atoms with Crippen LogP contribution >= 0.6 is 11.3 Å². The van der Waals surface area contributed by atoms with E-state index in [2.05, 4.69) is 4.98 Å². The molecule has 0 spiro atoms. The molecule has 3 aromatic rings. The number of aromatic nitrogens is 2. The van der Waals surface area contributed by atoms with Crippen molar-refractivity contribution in [2.45, 2.75) is 0 Å². The van der Waals surface area contributed by atoms with Gasteiger partial charge in [-0.05, 0) is 17.7 Å². The van der Waals surface area contributed by atoms with Crippen LogP contribution in [-0.2, 0) is 7.05 Å². The minimum Gasteiger partial charge on any atom is -0.301 e. The molecule has 3 nitrogen and oxygen atoms in total. The summed E-state index contributed by atoms with van der Waals surface area (Å²) in [6.45, 7) is 0. The number of aryl methyl sites for hydroxylation is 1. The molecule has 0 aliphatic rings. The number of fused-ring (bicyclic) bond motifs is 1. The molecule has 0 aliphatic carbocycles. The zero-order valence-electron chi connectivity index (χ0n) is 9.55. The van der Waals surface area contributed by atoms with Gasteiger partial charge < -0.3 is 4.57 Å². The quantitative estimate of drug-likeness (QED) is 0.674. The van der Waals surface area contributed by atoms with E-state index < -0.39 is 0 Å². The number of halogens is 1. The third-order valence-electron chi connectivity index (χ3n) is 2.79. The predicted octanol–water partition coefficient (Wildman–Crippen LogP) is 2.80. The SMILES string of the molecule is Cn1cnc2c(-c3ccc(F)cc3)csc2c1=O. The Kier molecular flexibility index (Phi) is 2.48. The molecule has 1 aromatic carbocycles. The lowest BCUT2D eigenvalue weighted by Gasteiger charge is -2.00. The van der Waals surface area contributed by atoms with Gasteiger partial charge in [0.1, 0.15) is 10.5 Å². The first kappa shape index (κ1) is 11.1. The van der Waals surface area contributed by atoms with E-state index in [0.717, 1.165) is 11.1 Å². The molecule has 0 fully saturated rings. The number of hydrogen-bond donors (Lipinski definition) is 0. The minimum absolute atomic E-state index is 0.0571. The third-order valence-corrected chi connectivity index (χ3v) is 3.75. The lowest BCUT2D eigenvalue weighted by atomic mass is 10.1. The summed E-state index contributed by atoms with van der Waals surface area (Å²) in [7, 11) is 1.67. The highest BCUT2D eigenvalue weighted by molar-refractivity contribution is 7.17. The first-order valence-corrected chi connectivity index (χ1v) is 6.23. The lowest BCUT2D eigenvalue weighted by molar-refractivity contribution is 0.628. The molecule has 0 saturated carbocycles. The van der Waals surface area contributed by atoms with Crippen molar-refractivity contribution in [2.75, 3.05) is 0 Å². The van der Waals surface area contributed by atoms with Gasteiger partial charge in [-0.15, -0.1) is 11.3 Å². The molecule has 3 rings (SSSR count). The van der Waals surface area contributed by atoms with Gasteiger partial charge >= 0.3 is 0 Å². The first-order chi connectivity index (χ1) is 8.66. The van der Waals surface area contributed by atoms with Crippen LogP contribution in [-0.4, -0.2) is 9.55 Å². The number of rotatable bonds is 1. The van der Waals surface area contributed by atoms with E-state index in [-0.39, 0.29) is 11.4 Å². The Morgan fingerprint density at radius 1 is 1.28 bits per heavy atom. The van der Waals surface area contributed by atoms with Crippen molar-refractivity contribution < 1.29 is 4.39 Å². The average molecular weight is 260 g/mol. The Morgan fingerprint density at radius 3 is 2.72 bits per heavy atom. The first-order valence-electron chi connectivity index (χ1n) is 5.35. The third kappa shape index (κ3) is 1.64. The van der Waals surface area contributed by atoms with Crippen molar-refractivity contribution in [1.29, 1.82) is 0 Å². The monoisotopic (exact) mass is 260 g/mol. The van der Waals surface area contributed by atoms with Gasteiger partial charge in [0.05, 0.1) is 11.8 Å². The summed E-state index contributed by atoms with van der Waals surface area (Å²) in [5, 5.41) is 1.88. The molecule has 0 unspecified atom stereocenters. The maximum atomic E-state index is 12.9. The van der Waals surface area contributed by atoms with Crippen molar-refractivity contribution in [3.05, 3.63) is 52.1 Å². The van der Waals surface area contributed by atoms with Gasteiger partial charge in [-0.2, -0.15) is 0 Å². The van der Waals surface area contributed by atoms with Gasteiger partial charge in [0.25, 0.3) is 5.56 Å². The fourth-order valence-corrected chi connectivity index (χ4v) is 2.83. The van der Waals surface area contributed by atoms with Gasteiger partial charge in [0, 0.05) is 18.0 Å². The van der Waals surface area contributed by atoms with Crippen LogP contribution in [0.4, 0.5) is 4.39 Å². The van der Waals surface area contributed by atoms with Crippen LogP contribution in [0.1, 0.15) is 0 Å². The number of nitrogens with zero attached hydrogens (tertiary/aromatic N) is 2. The molecule has 90 valence electrons. The summed E-state index contributed by atoms with van der Waals surface area (Å²) < 4.78 is 15.0. The van der Waals surface area contributed by atoms with Crippen LogP contribution in [0, 0.1) is 5.82 Å². The summed E-state index contributed by atoms with van der Waals surface area (Å²) in [4.78, 5) is 16.2. The largest absolute Gasteiger partial charge is 0.301 e. The van der Waals surface area contributed by atoms with Gasteiger partial charge in [0.2, 0.25) is 0 Å². The second kappa shape index (κ2) is 4.03. The molecule has 0 saturated heterocycles. The van der Waals surface area contributed by atoms with Crippen molar-refractivity contribution >= 4 is 21.6 Å². The van der Waals surface area contributed by atoms with Crippen LogP contribution < -0.4 is 5.56 Å². The zero-order valence-corrected chi connectivity index (χ0v) is 10.4. The highest BCUT2D eigenvalue weighted by Crippen LogP contribution is 2.30. The van der Waals surface area contributed by atoms with Gasteiger partial charge in [-0.1, -0.05) is 12.1 Å². The molecule has 0 bridgehead atoms. The maximum Gasteiger partial charge on any atom is 0.271 e. The number of thiophene rings is 1. The van der Waals surface area contributed by atoms with E-state index in [1.165, 1.54) is 34.4 Å². The van der Waals surface area contributed by atoms with Crippen LogP contribution in [0.5, 0.6) is 0 Å². The predicted molar refractivity (Wildman–Crippen MR) is 70.3 cm³/mol. The topological polar surface area (TPSA) is 34.9 Å². The molecule has 5 heteroatoms. The van der Waals surface area contributed by atoms with Crippen LogP contribution in [0.25, 0.3) is 21.3 Å². The van der Waals surface area contributed by atoms with Gasteiger partial charge in [-0.25, -0.2) is 9.37 Å². The Bertz CT molecular complexity index is 774. The Labute approximate surface area is 106 Å². The normalized spacial score (nSPS) is 11.0. The molecule has 0 N–H and O–H groups in total. The van der Waals surface area contributed by atoms with Crippen molar-refractivity contribution in [3.8, 4) is 11.1 Å². The van der Waals surface area contributed by atoms with E-state index in [9.17, 15) is 9.18 Å². The molecule has 18 heavy (non-hydrogen) atoms. The number of hydrogen-bond acceptors (Lipinski definition) is 3. The smallest absolute Gasteiger partial charge is 0.271 e. The molecule has 0 radical (unpaired) electrons. The second-order valence-corrected chi connectivity index (χ2v) is 4.87. The van der Waals surface area contributed by atoms with E-state index in [0.29, 0.717) is 10.2 Å². The van der Waals surface area contributed by atoms with E-state index in [1.54, 1.807) is 19.2 Å². The van der Waals surface area contributed by atoms with E-state index >= 15 is 0 Å². The highest BCUT2D eigenvalue weighted by Gasteiger charge is 2.11. The fraction of sp³-hybridized carbons (Fsp3) is 0.0769. The van der Waals surface area contributed by atoms with Crippen molar-refractivity contribution in [3.63, 3.8) is 0 Å². The molecular formula is C13H9FN2OS. The lowest BCUT2D eigenvalue weighted by Crippen LogP contribution is -2.15. The summed E-state index contributed by atoms with van der Waals surface area (Å²) in [6.07, 6.45) is 1.50. The average Bonchev–Trinajstić information content (AvgIpc) is 2.79. The Hall–Kier alpha value is -2.01. The molecular weight excluding hydrogens is 251 g/mol. The van der Waals surface area contributed by atoms with Crippen LogP contribution in [0.3, 0.4) is 0 Å². The molecule has 0 amide bonds. The summed E-state index contributed by atoms with van der Waals surface area (Å²) in [6, 6.07) is 6.19. The van der Waals surface area contributed by atoms with E-state index in [1.807, 2.05) is 5.38 Å². The second-order valence-electron chi connectivity index (χ2n) is 3.99. The summed E-state index contributed by atoms with van der Waals surface area (Å²) in [5.74, 6) is -0.276. The van der Waals surface area contributed by atoms with Crippen molar-refractivity contribution in [1.82, 2.24) is 9.55 Å². The van der Waals surface area contributed by atoms with Crippen LogP contribution in [0.2, 0.25) is 0 Å². The highest BCUT2D eigenvalue weighted by atomic mass is 32.1. The minimum atomic E-state index is -0.276. The Balaban J connectivity index is 2.28. The van der Waals surface area contributed by atoms with E-state index in [4.69, 9.17) is 0 Å². The maximum absolute atomic E-state index is 12.9. The molecule has 0 aliphatic heterocycles. The fourth-order valence-electron chi connectivity index (χ4n) is 1.82. The molecule has 0 atom stereocenters. The summed E-state index contributed by atoms with van der Waals surface area (Å²) in [5.41, 5.74) is 2.35. The molecule has 2 heterocycles. The van der Waals surface area contributed by atoms with Crippen molar-refractivity contribution in [2.24, 2.45) is 7.05 Å². The number of benzene rings is 1. The summed E-state index contributed by atoms with van der Waals surface area (Å²) >= 11 is 1.36. The van der Waals surface area contributed by atoms with Crippen LogP contribution in [0.15, 0.2) is 40.8 Å². The zero-order chi connectivity index (χ0) is 12.7. The standard InChI is InChI=1S/C13H9FN2OS/c1-16-7-15-11-10(6-18-12(11)13(16)17)8-2-4-9(14)5-3-8/h2-7H,1H3.